The molecule has 1 heterocycles. The van der Waals surface area contributed by atoms with Crippen LogP contribution in [0.15, 0.2) is 77.6 Å². The van der Waals surface area contributed by atoms with Gasteiger partial charge < -0.3 is 9.88 Å². The first kappa shape index (κ1) is 20.6. The molecular weight excluding hydrogens is 384 g/mol. The highest BCUT2D eigenvalue weighted by Gasteiger charge is 2.22. The van der Waals surface area contributed by atoms with Gasteiger partial charge in [-0.2, -0.15) is 0 Å². The number of benzene rings is 3. The highest BCUT2D eigenvalue weighted by atomic mass is 16.2. The Kier molecular flexibility index (Phi) is 5.72. The minimum absolute atomic E-state index is 0.161. The van der Waals surface area contributed by atoms with Gasteiger partial charge in [0, 0.05) is 24.5 Å². The first-order valence-electron chi connectivity index (χ1n) is 10.5. The van der Waals surface area contributed by atoms with Crippen molar-refractivity contribution in [1.82, 2.24) is 9.88 Å². The van der Waals surface area contributed by atoms with Gasteiger partial charge in [0.15, 0.2) is 0 Å². The van der Waals surface area contributed by atoms with Crippen LogP contribution in [-0.4, -0.2) is 17.0 Å². The van der Waals surface area contributed by atoms with E-state index in [1.54, 1.807) is 7.05 Å². The van der Waals surface area contributed by atoms with E-state index in [2.05, 4.69) is 5.32 Å². The molecule has 1 aromatic heterocycles. The molecule has 4 heteroatoms. The van der Waals surface area contributed by atoms with Crippen molar-refractivity contribution >= 4 is 16.7 Å². The van der Waals surface area contributed by atoms with E-state index in [-0.39, 0.29) is 11.5 Å². The van der Waals surface area contributed by atoms with E-state index in [0.717, 1.165) is 39.6 Å². The van der Waals surface area contributed by atoms with Gasteiger partial charge in [0.25, 0.3) is 11.5 Å². The van der Waals surface area contributed by atoms with Crippen LogP contribution in [0.1, 0.15) is 27.2 Å². The Labute approximate surface area is 182 Å². The summed E-state index contributed by atoms with van der Waals surface area (Å²) in [5.74, 6) is -0.241. The average molecular weight is 411 g/mol. The van der Waals surface area contributed by atoms with Gasteiger partial charge in [-0.1, -0.05) is 66.7 Å². The van der Waals surface area contributed by atoms with E-state index in [0.29, 0.717) is 17.6 Å². The van der Waals surface area contributed by atoms with Gasteiger partial charge in [-0.15, -0.1) is 0 Å². The third-order valence-corrected chi connectivity index (χ3v) is 5.83. The van der Waals surface area contributed by atoms with Gasteiger partial charge in [0.05, 0.1) is 0 Å². The zero-order valence-corrected chi connectivity index (χ0v) is 18.1. The molecule has 0 aliphatic heterocycles. The fraction of sp³-hybridized carbons (Fsp3) is 0.185. The maximum absolute atomic E-state index is 13.3. The van der Waals surface area contributed by atoms with E-state index < -0.39 is 0 Å². The first-order valence-corrected chi connectivity index (χ1v) is 10.5. The highest BCUT2D eigenvalue weighted by Crippen LogP contribution is 2.32. The average Bonchev–Trinajstić information content (AvgIpc) is 2.78. The minimum Gasteiger partial charge on any atom is -0.350 e. The second kappa shape index (κ2) is 8.60. The summed E-state index contributed by atoms with van der Waals surface area (Å²) in [7, 11) is 1.68. The molecule has 0 radical (unpaired) electrons. The van der Waals surface area contributed by atoms with Crippen molar-refractivity contribution in [3.8, 4) is 11.1 Å². The van der Waals surface area contributed by atoms with Gasteiger partial charge in [-0.3, -0.25) is 9.59 Å². The monoisotopic (exact) mass is 410 g/mol. The van der Waals surface area contributed by atoms with E-state index in [4.69, 9.17) is 0 Å². The normalized spacial score (nSPS) is 10.9. The molecule has 1 amide bonds. The van der Waals surface area contributed by atoms with Crippen molar-refractivity contribution in [2.75, 3.05) is 6.54 Å². The Morgan fingerprint density at radius 2 is 1.45 bits per heavy atom. The van der Waals surface area contributed by atoms with Gasteiger partial charge in [0.2, 0.25) is 0 Å². The molecule has 0 aliphatic rings. The summed E-state index contributed by atoms with van der Waals surface area (Å²) >= 11 is 0. The SMILES string of the molecule is Cc1cc2c(-c3ccccc3)c(C(=O)NCCc3ccccc3)n(C)c(=O)c2cc1C. The number of amides is 1. The molecule has 31 heavy (non-hydrogen) atoms. The Balaban J connectivity index is 1.83. The minimum atomic E-state index is -0.241. The molecule has 0 unspecified atom stereocenters. The maximum atomic E-state index is 13.3. The third-order valence-electron chi connectivity index (χ3n) is 5.83. The maximum Gasteiger partial charge on any atom is 0.268 e. The lowest BCUT2D eigenvalue weighted by molar-refractivity contribution is 0.0946. The molecule has 4 aromatic rings. The number of aromatic nitrogens is 1. The molecular formula is C27H26N2O2. The summed E-state index contributed by atoms with van der Waals surface area (Å²) in [5, 5.41) is 4.46. The lowest BCUT2D eigenvalue weighted by atomic mass is 9.93. The summed E-state index contributed by atoms with van der Waals surface area (Å²) in [5.41, 5.74) is 5.24. The van der Waals surface area contributed by atoms with Crippen LogP contribution in [0.25, 0.3) is 21.9 Å². The second-order valence-corrected chi connectivity index (χ2v) is 7.93. The highest BCUT2D eigenvalue weighted by molar-refractivity contribution is 6.08. The number of fused-ring (bicyclic) bond motifs is 1. The molecule has 1 N–H and O–H groups in total. The number of rotatable bonds is 5. The summed E-state index contributed by atoms with van der Waals surface area (Å²) < 4.78 is 1.48. The number of carbonyl (C=O) groups is 1. The topological polar surface area (TPSA) is 51.1 Å². The molecule has 156 valence electrons. The van der Waals surface area contributed by atoms with Crippen molar-refractivity contribution in [2.45, 2.75) is 20.3 Å². The molecule has 0 bridgehead atoms. The Morgan fingerprint density at radius 1 is 0.871 bits per heavy atom. The molecule has 0 saturated carbocycles. The number of aryl methyl sites for hydroxylation is 2. The van der Waals surface area contributed by atoms with Crippen LogP contribution in [0.3, 0.4) is 0 Å². The van der Waals surface area contributed by atoms with Crippen molar-refractivity contribution in [3.05, 3.63) is 106 Å². The number of nitrogens with one attached hydrogen (secondary N) is 1. The third kappa shape index (κ3) is 4.02. The summed E-state index contributed by atoms with van der Waals surface area (Å²) in [6.45, 7) is 4.53. The first-order chi connectivity index (χ1) is 15.0. The smallest absolute Gasteiger partial charge is 0.268 e. The number of nitrogens with zero attached hydrogens (tertiary/aromatic N) is 1. The predicted octanol–water partition coefficient (Wildman–Crippen LogP) is 4.79. The standard InChI is InChI=1S/C27H26N2O2/c1-18-16-22-23(17-19(18)2)27(31)29(3)25(24(22)21-12-8-5-9-13-21)26(30)28-15-14-20-10-6-4-7-11-20/h4-13,16-17H,14-15H2,1-3H3,(H,28,30). The number of carbonyl (C=O) groups excluding carboxylic acids is 1. The zero-order chi connectivity index (χ0) is 22.0. The predicted molar refractivity (Wildman–Crippen MR) is 127 cm³/mol. The van der Waals surface area contributed by atoms with Crippen LogP contribution in [0.4, 0.5) is 0 Å². The quantitative estimate of drug-likeness (QED) is 0.514. The largest absolute Gasteiger partial charge is 0.350 e. The lowest BCUT2D eigenvalue weighted by Gasteiger charge is -2.18. The van der Waals surface area contributed by atoms with E-state index >= 15 is 0 Å². The van der Waals surface area contributed by atoms with E-state index in [9.17, 15) is 9.59 Å². The van der Waals surface area contributed by atoms with Crippen LogP contribution in [-0.2, 0) is 13.5 Å². The van der Waals surface area contributed by atoms with Crippen LogP contribution < -0.4 is 10.9 Å². The van der Waals surface area contributed by atoms with E-state index in [1.165, 1.54) is 4.57 Å². The van der Waals surface area contributed by atoms with Crippen LogP contribution in [0.5, 0.6) is 0 Å². The Morgan fingerprint density at radius 3 is 2.10 bits per heavy atom. The van der Waals surface area contributed by atoms with Gasteiger partial charge in [-0.05, 0) is 54.0 Å². The van der Waals surface area contributed by atoms with E-state index in [1.807, 2.05) is 86.6 Å². The lowest BCUT2D eigenvalue weighted by Crippen LogP contribution is -2.33. The summed E-state index contributed by atoms with van der Waals surface area (Å²) in [4.78, 5) is 26.5. The van der Waals surface area contributed by atoms with Crippen molar-refractivity contribution in [2.24, 2.45) is 7.05 Å². The van der Waals surface area contributed by atoms with Crippen LogP contribution in [0, 0.1) is 13.8 Å². The molecule has 0 spiro atoms. The van der Waals surface area contributed by atoms with Gasteiger partial charge >= 0.3 is 0 Å². The molecule has 0 atom stereocenters. The Bertz CT molecular complexity index is 1310. The number of hydrogen-bond donors (Lipinski definition) is 1. The van der Waals surface area contributed by atoms with Gasteiger partial charge in [-0.25, -0.2) is 0 Å². The van der Waals surface area contributed by atoms with Crippen molar-refractivity contribution < 1.29 is 4.79 Å². The van der Waals surface area contributed by atoms with Crippen LogP contribution >= 0.6 is 0 Å². The summed E-state index contributed by atoms with van der Waals surface area (Å²) in [6, 6.07) is 23.8. The molecule has 4 rings (SSSR count). The number of hydrogen-bond acceptors (Lipinski definition) is 2. The molecule has 3 aromatic carbocycles. The fourth-order valence-corrected chi connectivity index (χ4v) is 3.99. The second-order valence-electron chi connectivity index (χ2n) is 7.93. The number of pyridine rings is 1. The van der Waals surface area contributed by atoms with Crippen molar-refractivity contribution in [1.29, 1.82) is 0 Å². The Hall–Kier alpha value is -3.66. The molecule has 4 nitrogen and oxygen atoms in total. The zero-order valence-electron chi connectivity index (χ0n) is 18.1. The molecule has 0 fully saturated rings. The molecule has 0 aliphatic carbocycles. The van der Waals surface area contributed by atoms with Crippen molar-refractivity contribution in [3.63, 3.8) is 0 Å². The molecule has 0 saturated heterocycles. The summed E-state index contributed by atoms with van der Waals surface area (Å²) in [6.07, 6.45) is 0.729. The fourth-order valence-electron chi connectivity index (χ4n) is 3.99. The van der Waals surface area contributed by atoms with Crippen LogP contribution in [0.2, 0.25) is 0 Å². The van der Waals surface area contributed by atoms with Gasteiger partial charge in [0.1, 0.15) is 5.69 Å².